The fraction of sp³-hybridized carbons (Fsp3) is 0.455. The number of hydrogen-bond donors (Lipinski definition) is 1. The molecule has 7 heteroatoms. The Hall–Kier alpha value is -1.63. The summed E-state index contributed by atoms with van der Waals surface area (Å²) in [6.45, 7) is 0. The predicted molar refractivity (Wildman–Crippen MR) is 59.1 cm³/mol. The third-order valence-electron chi connectivity index (χ3n) is 2.40. The summed E-state index contributed by atoms with van der Waals surface area (Å²) in [5, 5.41) is 0. The zero-order chi connectivity index (χ0) is 13.9. The van der Waals surface area contributed by atoms with Gasteiger partial charge in [-0.3, -0.25) is 0 Å². The molecule has 18 heavy (non-hydrogen) atoms. The van der Waals surface area contributed by atoms with Crippen LogP contribution < -0.4 is 19.9 Å². The summed E-state index contributed by atoms with van der Waals surface area (Å²) in [5.74, 6) is 0.483. The van der Waals surface area contributed by atoms with Crippen molar-refractivity contribution in [3.63, 3.8) is 0 Å². The summed E-state index contributed by atoms with van der Waals surface area (Å²) in [6.07, 6.45) is -4.54. The average Bonchev–Trinajstić information content (AvgIpc) is 2.34. The summed E-state index contributed by atoms with van der Waals surface area (Å²) in [5.41, 5.74) is 4.98. The van der Waals surface area contributed by atoms with Crippen LogP contribution in [0.1, 0.15) is 11.6 Å². The van der Waals surface area contributed by atoms with Gasteiger partial charge in [-0.1, -0.05) is 0 Å². The van der Waals surface area contributed by atoms with Gasteiger partial charge in [-0.15, -0.1) is 0 Å². The van der Waals surface area contributed by atoms with Crippen molar-refractivity contribution in [3.05, 3.63) is 17.7 Å². The molecule has 0 saturated heterocycles. The predicted octanol–water partition coefficient (Wildman–Crippen LogP) is 2.27. The van der Waals surface area contributed by atoms with Gasteiger partial charge >= 0.3 is 6.18 Å². The maximum atomic E-state index is 12.6. The van der Waals surface area contributed by atoms with Crippen LogP contribution in [0.15, 0.2) is 12.1 Å². The summed E-state index contributed by atoms with van der Waals surface area (Å²) in [7, 11) is 4.00. The van der Waals surface area contributed by atoms with E-state index in [2.05, 4.69) is 0 Å². The third kappa shape index (κ3) is 2.79. The lowest BCUT2D eigenvalue weighted by Gasteiger charge is -2.19. The van der Waals surface area contributed by atoms with E-state index < -0.39 is 12.2 Å². The largest absolute Gasteiger partial charge is 0.493 e. The molecular formula is C11H14F3NO3. The zero-order valence-corrected chi connectivity index (χ0v) is 10.2. The maximum absolute atomic E-state index is 12.6. The van der Waals surface area contributed by atoms with Gasteiger partial charge in [-0.05, 0) is 17.7 Å². The number of ether oxygens (including phenoxy) is 3. The van der Waals surface area contributed by atoms with Crippen molar-refractivity contribution in [2.75, 3.05) is 21.3 Å². The minimum atomic E-state index is -4.54. The Morgan fingerprint density at radius 3 is 1.72 bits per heavy atom. The molecule has 0 amide bonds. The van der Waals surface area contributed by atoms with Crippen LogP contribution in [0.2, 0.25) is 0 Å². The number of halogens is 3. The molecule has 2 N–H and O–H groups in total. The molecule has 4 nitrogen and oxygen atoms in total. The second kappa shape index (κ2) is 5.34. The Balaban J connectivity index is 3.32. The average molecular weight is 265 g/mol. The fourth-order valence-corrected chi connectivity index (χ4v) is 1.47. The van der Waals surface area contributed by atoms with E-state index in [1.54, 1.807) is 0 Å². The number of rotatable bonds is 4. The molecule has 0 fully saturated rings. The number of nitrogens with two attached hydrogens (primary N) is 1. The van der Waals surface area contributed by atoms with E-state index in [1.165, 1.54) is 33.5 Å². The molecule has 0 unspecified atom stereocenters. The lowest BCUT2D eigenvalue weighted by atomic mass is 10.1. The van der Waals surface area contributed by atoms with Gasteiger partial charge in [0.15, 0.2) is 11.5 Å². The van der Waals surface area contributed by atoms with E-state index in [-0.39, 0.29) is 22.8 Å². The minimum Gasteiger partial charge on any atom is -0.493 e. The first-order valence-corrected chi connectivity index (χ1v) is 4.97. The van der Waals surface area contributed by atoms with Gasteiger partial charge in [0.2, 0.25) is 5.75 Å². The molecule has 0 spiro atoms. The maximum Gasteiger partial charge on any atom is 0.407 e. The van der Waals surface area contributed by atoms with Gasteiger partial charge in [0.1, 0.15) is 6.04 Å². The zero-order valence-electron chi connectivity index (χ0n) is 10.2. The SMILES string of the molecule is COc1cc([C@H](N)C(F)(F)F)cc(OC)c1OC. The topological polar surface area (TPSA) is 53.7 Å². The highest BCUT2D eigenvalue weighted by Crippen LogP contribution is 2.41. The van der Waals surface area contributed by atoms with Crippen LogP contribution in [0.4, 0.5) is 13.2 Å². The van der Waals surface area contributed by atoms with Gasteiger partial charge in [0, 0.05) is 0 Å². The lowest BCUT2D eigenvalue weighted by Crippen LogP contribution is -2.28. The Morgan fingerprint density at radius 2 is 1.44 bits per heavy atom. The van der Waals surface area contributed by atoms with Crippen molar-refractivity contribution < 1.29 is 27.4 Å². The summed E-state index contributed by atoms with van der Waals surface area (Å²) in [6, 6.07) is 0.255. The standard InChI is InChI=1S/C11H14F3NO3/c1-16-7-4-6(10(15)11(12,13)14)5-8(17-2)9(7)18-3/h4-5,10H,15H2,1-3H3/t10-/m0/s1. The lowest BCUT2D eigenvalue weighted by molar-refractivity contribution is -0.149. The Bertz CT molecular complexity index is 395. The van der Waals surface area contributed by atoms with E-state index in [0.29, 0.717) is 0 Å². The normalized spacial score (nSPS) is 13.1. The molecule has 102 valence electrons. The van der Waals surface area contributed by atoms with E-state index in [4.69, 9.17) is 19.9 Å². The molecule has 0 aromatic heterocycles. The van der Waals surface area contributed by atoms with Crippen LogP contribution in [-0.2, 0) is 0 Å². The van der Waals surface area contributed by atoms with Gasteiger partial charge in [-0.2, -0.15) is 13.2 Å². The first-order valence-electron chi connectivity index (χ1n) is 4.97. The molecule has 0 aliphatic rings. The van der Waals surface area contributed by atoms with Crippen molar-refractivity contribution in [3.8, 4) is 17.2 Å². The molecule has 0 aliphatic heterocycles. The van der Waals surface area contributed by atoms with E-state index in [9.17, 15) is 13.2 Å². The van der Waals surface area contributed by atoms with Gasteiger partial charge < -0.3 is 19.9 Å². The van der Waals surface area contributed by atoms with Gasteiger partial charge in [0.25, 0.3) is 0 Å². The van der Waals surface area contributed by atoms with Crippen LogP contribution in [0.5, 0.6) is 17.2 Å². The summed E-state index contributed by atoms with van der Waals surface area (Å²) in [4.78, 5) is 0. The summed E-state index contributed by atoms with van der Waals surface area (Å²) >= 11 is 0. The first kappa shape index (κ1) is 14.4. The van der Waals surface area contributed by atoms with Crippen molar-refractivity contribution in [1.82, 2.24) is 0 Å². The molecule has 0 radical (unpaired) electrons. The van der Waals surface area contributed by atoms with Crippen LogP contribution >= 0.6 is 0 Å². The highest BCUT2D eigenvalue weighted by atomic mass is 19.4. The molecule has 1 atom stereocenters. The monoisotopic (exact) mass is 265 g/mol. The van der Waals surface area contributed by atoms with Crippen molar-refractivity contribution in [1.29, 1.82) is 0 Å². The first-order chi connectivity index (χ1) is 8.35. The van der Waals surface area contributed by atoms with Crippen molar-refractivity contribution >= 4 is 0 Å². The quantitative estimate of drug-likeness (QED) is 0.907. The second-order valence-corrected chi connectivity index (χ2v) is 3.48. The smallest absolute Gasteiger partial charge is 0.407 e. The summed E-state index contributed by atoms with van der Waals surface area (Å²) < 4.78 is 52.6. The molecule has 1 aromatic carbocycles. The molecule has 1 rings (SSSR count). The Morgan fingerprint density at radius 1 is 1.00 bits per heavy atom. The molecule has 0 heterocycles. The minimum absolute atomic E-state index is 0.131. The van der Waals surface area contributed by atoms with Crippen molar-refractivity contribution in [2.24, 2.45) is 5.73 Å². The number of alkyl halides is 3. The Labute approximate surface area is 102 Å². The van der Waals surface area contributed by atoms with Crippen LogP contribution in [0.3, 0.4) is 0 Å². The Kier molecular flexibility index (Phi) is 4.28. The molecule has 1 aromatic rings. The molecular weight excluding hydrogens is 251 g/mol. The highest BCUT2D eigenvalue weighted by Gasteiger charge is 2.38. The van der Waals surface area contributed by atoms with Crippen molar-refractivity contribution in [2.45, 2.75) is 12.2 Å². The van der Waals surface area contributed by atoms with Crippen LogP contribution in [-0.4, -0.2) is 27.5 Å². The van der Waals surface area contributed by atoms with Crippen LogP contribution in [0.25, 0.3) is 0 Å². The molecule has 0 bridgehead atoms. The van der Waals surface area contributed by atoms with Gasteiger partial charge in [-0.25, -0.2) is 0 Å². The van der Waals surface area contributed by atoms with Gasteiger partial charge in [0.05, 0.1) is 21.3 Å². The number of hydrogen-bond acceptors (Lipinski definition) is 4. The second-order valence-electron chi connectivity index (χ2n) is 3.48. The third-order valence-corrected chi connectivity index (χ3v) is 2.40. The highest BCUT2D eigenvalue weighted by molar-refractivity contribution is 5.54. The number of benzene rings is 1. The molecule has 0 aliphatic carbocycles. The van der Waals surface area contributed by atoms with E-state index in [0.717, 1.165) is 0 Å². The fourth-order valence-electron chi connectivity index (χ4n) is 1.47. The number of methoxy groups -OCH3 is 3. The van der Waals surface area contributed by atoms with E-state index in [1.807, 2.05) is 0 Å². The molecule has 0 saturated carbocycles. The van der Waals surface area contributed by atoms with Crippen LogP contribution in [0, 0.1) is 0 Å². The van der Waals surface area contributed by atoms with E-state index >= 15 is 0 Å².